The number of primary amides is 5. The summed E-state index contributed by atoms with van der Waals surface area (Å²) < 4.78 is 0. The van der Waals surface area contributed by atoms with Crippen LogP contribution in [0.25, 0.3) is 0 Å². The van der Waals surface area contributed by atoms with Gasteiger partial charge in [0, 0.05) is 38.5 Å². The van der Waals surface area contributed by atoms with E-state index in [0.29, 0.717) is 19.3 Å². The third-order valence-corrected chi connectivity index (χ3v) is 22.9. The molecule has 63 heteroatoms. The van der Waals surface area contributed by atoms with Gasteiger partial charge < -0.3 is 194 Å². The van der Waals surface area contributed by atoms with E-state index >= 15 is 0 Å². The zero-order chi connectivity index (χ0) is 114. The molecule has 0 saturated heterocycles. The molecule has 0 saturated carbocycles. The van der Waals surface area contributed by atoms with E-state index in [2.05, 4.69) is 101 Å². The second-order valence-corrected chi connectivity index (χ2v) is 36.2. The number of carbonyl (C=O) groups is 26. The molecular weight excluding hydrogens is 2010 g/mol. The number of amides is 24. The molecule has 0 aromatic rings. The smallest absolute Gasteiger partial charge is 0.328 e. The molecule has 850 valence electrons. The van der Waals surface area contributed by atoms with Crippen molar-refractivity contribution in [2.45, 2.75) is 303 Å². The standard InChI is InChI=1S/C87H153N29O33S/c1-42(2)68(84(145)116-69(43(3)120)85(146)110-49(17-9-13-34-91)76(137)104-48(16-8-12-33-90)77(138)113-58(41-119)87(148)149)114-86(147)70(44(4)121)115-82(143)52(21-26-61(95)124)103-66(129)37-99-73(134)50(19-24-59(93)122)106-79(140)53(22-27-62(96)125)108-80(141)54(23-28-63(97)126)107-78(139)51(20-25-60(94)123)102-65(128)36-98-72(133)46(14-6-10-31-88)101-64(127)38-100-74(135)56(39-117)112-81(142)55(30-35-150-5)109-75(136)47(15-7-11-32-89)105-83(144)57(40-118)111-71(132)45(92)18-29-67(130)131/h42-58,68-70,117-121H,6-41,88-92H2,1-5H3,(H2,93,122)(H2,94,123)(H2,95,124)(H2,96,125)(H2,97,126)(H,98,133)(H,99,134)(H,100,135)(H,101,127)(H,102,128)(H,103,129)(H,104,137)(H,105,144)(H,106,140)(H,107,139)(H,108,141)(H,109,136)(H,110,146)(H,111,132)(H,112,142)(H,113,138)(H,114,147)(H,115,143)(H,116,145)(H,130,131)(H,148,149)/t43-,44-,45+,46+,47+,48+,49+,50+,51+,52+,53+,54+,55+,56+,57+,58+,68+,69+,70+/m1/s1. The van der Waals surface area contributed by atoms with E-state index in [9.17, 15) is 155 Å². The van der Waals surface area contributed by atoms with Crippen LogP contribution in [0.15, 0.2) is 0 Å². The number of carboxylic acids is 2. The van der Waals surface area contributed by atoms with E-state index in [0.717, 1.165) is 13.8 Å². The van der Waals surface area contributed by atoms with Gasteiger partial charge in [-0.15, -0.1) is 0 Å². The number of thioether (sulfide) groups is 1. The van der Waals surface area contributed by atoms with Crippen molar-refractivity contribution in [3.8, 4) is 0 Å². The Labute approximate surface area is 867 Å². The van der Waals surface area contributed by atoms with Crippen molar-refractivity contribution in [2.24, 2.45) is 63.3 Å². The molecule has 0 aliphatic rings. The number of carboxylic acid groups (broad SMARTS) is 2. The Morgan fingerprint density at radius 1 is 0.253 bits per heavy atom. The van der Waals surface area contributed by atoms with Gasteiger partial charge in [-0.25, -0.2) is 4.79 Å². The first-order valence-electron chi connectivity index (χ1n) is 48.4. The number of nitrogens with two attached hydrogens (primary N) is 10. The zero-order valence-corrected chi connectivity index (χ0v) is 85.2. The molecule has 19 atom stereocenters. The molecule has 150 heavy (non-hydrogen) atoms. The maximum absolute atomic E-state index is 14.4. The van der Waals surface area contributed by atoms with Crippen molar-refractivity contribution in [1.29, 1.82) is 0 Å². The minimum Gasteiger partial charge on any atom is -0.481 e. The molecular formula is C87H153N29O33S. The SMILES string of the molecule is CSCC[C@H](NC(=O)[C@H](CCCCN)NC(=O)[C@H](CO)NC(=O)[C@@H](N)CCC(=O)O)C(=O)N[C@@H](CO)C(=O)NCC(=O)N[C@@H](CCCCN)C(=O)NCC(=O)N[C@@H](CCC(N)=O)C(=O)N[C@@H](CCC(N)=O)C(=O)N[C@@H](CCC(N)=O)C(=O)N[C@@H](CCC(N)=O)C(=O)NCC(=O)N[C@@H](CCC(N)=O)C(=O)N[C@H](C(=O)N[C@H](C(=O)N[C@H](C(=O)N[C@@H](CCCCN)C(=O)N[C@@H](CCCCN)C(=O)N[C@@H](CO)C(=O)O)[C@@H](C)O)C(C)C)[C@@H](C)O. The van der Waals surface area contributed by atoms with Crippen LogP contribution >= 0.6 is 11.8 Å². The number of unbranched alkanes of at least 4 members (excludes halogenated alkanes) is 4. The van der Waals surface area contributed by atoms with Gasteiger partial charge in [0.2, 0.25) is 142 Å². The highest BCUT2D eigenvalue weighted by Gasteiger charge is 2.41. The largest absolute Gasteiger partial charge is 0.481 e. The number of carbonyl (C=O) groups excluding carboxylic acids is 24. The van der Waals surface area contributed by atoms with Crippen LogP contribution in [-0.4, -0.2) is 382 Å². The van der Waals surface area contributed by atoms with E-state index < -0.39 is 385 Å². The molecule has 0 aromatic heterocycles. The number of hydrogen-bond donors (Lipinski definition) is 36. The van der Waals surface area contributed by atoms with Crippen molar-refractivity contribution >= 4 is 165 Å². The predicted molar refractivity (Wildman–Crippen MR) is 529 cm³/mol. The molecule has 0 radical (unpaired) electrons. The second kappa shape index (κ2) is 75.0. The van der Waals surface area contributed by atoms with Crippen LogP contribution in [0.4, 0.5) is 0 Å². The maximum Gasteiger partial charge on any atom is 0.328 e. The summed E-state index contributed by atoms with van der Waals surface area (Å²) in [5, 5.41) is 113. The summed E-state index contributed by atoms with van der Waals surface area (Å²) in [6, 6.07) is -29.2. The molecule has 0 unspecified atom stereocenters. The zero-order valence-electron chi connectivity index (χ0n) is 84.4. The Balaban J connectivity index is 6.91. The third-order valence-electron chi connectivity index (χ3n) is 22.3. The number of rotatable bonds is 82. The fraction of sp³-hybridized carbons (Fsp3) is 0.701. The number of aliphatic hydroxyl groups excluding tert-OH is 5. The average Bonchev–Trinajstić information content (AvgIpc) is 0.844. The van der Waals surface area contributed by atoms with Crippen molar-refractivity contribution in [3.63, 3.8) is 0 Å². The molecule has 0 rings (SSSR count). The van der Waals surface area contributed by atoms with Crippen LogP contribution in [0.1, 0.15) is 188 Å². The Morgan fingerprint density at radius 3 is 0.753 bits per heavy atom. The topological polar surface area (TPSA) is 1070 Å². The third kappa shape index (κ3) is 56.5. The van der Waals surface area contributed by atoms with E-state index in [1.54, 1.807) is 6.26 Å². The van der Waals surface area contributed by atoms with Crippen molar-refractivity contribution < 1.29 is 160 Å². The Bertz CT molecular complexity index is 4510. The summed E-state index contributed by atoms with van der Waals surface area (Å²) in [5.41, 5.74) is 55.4. The van der Waals surface area contributed by atoms with Crippen molar-refractivity contribution in [1.82, 2.24) is 101 Å². The Morgan fingerprint density at radius 2 is 0.473 bits per heavy atom. The van der Waals surface area contributed by atoms with E-state index in [1.807, 2.05) is 0 Å². The van der Waals surface area contributed by atoms with Crippen LogP contribution in [0.5, 0.6) is 0 Å². The maximum atomic E-state index is 14.4. The number of hydrogen-bond acceptors (Lipinski definition) is 37. The molecule has 0 spiro atoms. The molecule has 0 aromatic carbocycles. The first-order chi connectivity index (χ1) is 70.6. The number of aliphatic hydroxyl groups is 5. The van der Waals surface area contributed by atoms with Crippen LogP contribution in [0.3, 0.4) is 0 Å². The van der Waals surface area contributed by atoms with Gasteiger partial charge >= 0.3 is 11.9 Å². The van der Waals surface area contributed by atoms with Crippen LogP contribution < -0.4 is 158 Å². The normalized spacial score (nSPS) is 14.9. The fourth-order valence-electron chi connectivity index (χ4n) is 13.7. The first-order valence-corrected chi connectivity index (χ1v) is 49.8. The lowest BCUT2D eigenvalue weighted by Crippen LogP contribution is -2.63. The van der Waals surface area contributed by atoms with E-state index in [1.165, 1.54) is 25.6 Å². The highest BCUT2D eigenvalue weighted by molar-refractivity contribution is 7.98. The van der Waals surface area contributed by atoms with E-state index in [-0.39, 0.29) is 103 Å². The highest BCUT2D eigenvalue weighted by atomic mass is 32.2. The fourth-order valence-corrected chi connectivity index (χ4v) is 14.2. The second-order valence-electron chi connectivity index (χ2n) is 35.2. The Hall–Kier alpha value is -13.8. The summed E-state index contributed by atoms with van der Waals surface area (Å²) in [5.74, 6) is -31.0. The van der Waals surface area contributed by atoms with Gasteiger partial charge in [0.05, 0.1) is 57.7 Å². The van der Waals surface area contributed by atoms with Crippen LogP contribution in [-0.2, 0) is 125 Å². The van der Waals surface area contributed by atoms with Gasteiger partial charge in [-0.05, 0) is 180 Å². The minimum atomic E-state index is -2.04. The summed E-state index contributed by atoms with van der Waals surface area (Å²) >= 11 is 1.23. The van der Waals surface area contributed by atoms with Crippen molar-refractivity contribution in [2.75, 3.05) is 77.6 Å². The lowest BCUT2D eigenvalue weighted by Gasteiger charge is -2.30. The summed E-state index contributed by atoms with van der Waals surface area (Å²) in [6.45, 7) is -0.724. The van der Waals surface area contributed by atoms with Gasteiger partial charge in [0.1, 0.15) is 96.7 Å². The quantitative estimate of drug-likeness (QED) is 0.0251. The molecule has 62 nitrogen and oxygen atoms in total. The number of nitrogens with one attached hydrogen (secondary N) is 19. The summed E-state index contributed by atoms with van der Waals surface area (Å²) in [7, 11) is 0. The molecule has 0 aliphatic heterocycles. The van der Waals surface area contributed by atoms with Gasteiger partial charge in [0.25, 0.3) is 0 Å². The highest BCUT2D eigenvalue weighted by Crippen LogP contribution is 2.16. The van der Waals surface area contributed by atoms with Gasteiger partial charge in [-0.3, -0.25) is 120 Å². The Kier molecular flexibility index (Phi) is 68.0. The van der Waals surface area contributed by atoms with Crippen LogP contribution in [0, 0.1) is 5.92 Å². The van der Waals surface area contributed by atoms with Gasteiger partial charge in [-0.2, -0.15) is 11.8 Å². The first kappa shape index (κ1) is 136. The lowest BCUT2D eigenvalue weighted by atomic mass is 10.0. The minimum absolute atomic E-state index is 0.0840. The van der Waals surface area contributed by atoms with Gasteiger partial charge in [0.15, 0.2) is 0 Å². The molecule has 0 fully saturated rings. The predicted octanol–water partition coefficient (Wildman–Crippen LogP) is -17.6. The number of aliphatic carboxylic acids is 2. The van der Waals surface area contributed by atoms with E-state index in [4.69, 9.17) is 62.4 Å². The molecule has 0 heterocycles. The lowest BCUT2D eigenvalue weighted by molar-refractivity contribution is -0.143. The molecule has 46 N–H and O–H groups in total. The molecule has 0 aliphatic carbocycles. The molecule has 0 bridgehead atoms. The summed E-state index contributed by atoms with van der Waals surface area (Å²) in [6.07, 6.45) is -8.11. The van der Waals surface area contributed by atoms with Crippen molar-refractivity contribution in [3.05, 3.63) is 0 Å². The monoisotopic (exact) mass is 2160 g/mol. The average molecular weight is 2170 g/mol. The molecule has 24 amide bonds. The van der Waals surface area contributed by atoms with Crippen LogP contribution in [0.2, 0.25) is 0 Å². The van der Waals surface area contributed by atoms with Gasteiger partial charge in [-0.1, -0.05) is 13.8 Å². The summed E-state index contributed by atoms with van der Waals surface area (Å²) in [4.78, 5) is 346.